The third-order valence-corrected chi connectivity index (χ3v) is 8.79. The van der Waals surface area contributed by atoms with Gasteiger partial charge in [-0.15, -0.1) is 12.4 Å². The minimum atomic E-state index is -3.47. The summed E-state index contributed by atoms with van der Waals surface area (Å²) in [5.41, 5.74) is 1.35. The summed E-state index contributed by atoms with van der Waals surface area (Å²) in [4.78, 5) is 22.6. The number of amides is 1. The molecular formula is C21H20ClFN4O4S. The minimum Gasteiger partial charge on any atom is -0.339 e. The van der Waals surface area contributed by atoms with Gasteiger partial charge in [0.25, 0.3) is 5.91 Å². The molecule has 2 aromatic heterocycles. The molecule has 2 aliphatic heterocycles. The second-order valence-electron chi connectivity index (χ2n) is 8.04. The molecule has 4 heterocycles. The van der Waals surface area contributed by atoms with Crippen molar-refractivity contribution >= 4 is 28.2 Å². The van der Waals surface area contributed by atoms with E-state index < -0.39 is 32.2 Å². The number of hydrogen-bond acceptors (Lipinski definition) is 7. The zero-order valence-electron chi connectivity index (χ0n) is 17.1. The van der Waals surface area contributed by atoms with Gasteiger partial charge in [-0.2, -0.15) is 4.98 Å². The van der Waals surface area contributed by atoms with Crippen molar-refractivity contribution in [3.8, 4) is 11.4 Å². The van der Waals surface area contributed by atoms with Crippen LogP contribution in [0.2, 0.25) is 0 Å². The molecule has 0 N–H and O–H groups in total. The Morgan fingerprint density at radius 3 is 2.62 bits per heavy atom. The zero-order valence-corrected chi connectivity index (χ0v) is 18.7. The highest BCUT2D eigenvalue weighted by Gasteiger charge is 2.64. The van der Waals surface area contributed by atoms with Crippen LogP contribution in [0, 0.1) is 12.7 Å². The van der Waals surface area contributed by atoms with Crippen molar-refractivity contribution in [2.24, 2.45) is 0 Å². The van der Waals surface area contributed by atoms with Crippen LogP contribution in [0.1, 0.15) is 34.2 Å². The first kappa shape index (κ1) is 22.3. The van der Waals surface area contributed by atoms with Crippen LogP contribution in [0.4, 0.5) is 4.39 Å². The number of halogens is 2. The van der Waals surface area contributed by atoms with Crippen LogP contribution in [0.5, 0.6) is 0 Å². The van der Waals surface area contributed by atoms with Gasteiger partial charge in [0.1, 0.15) is 10.6 Å². The topological polar surface area (TPSA) is 106 Å². The highest BCUT2D eigenvalue weighted by atomic mass is 35.5. The number of hydrogen-bond donors (Lipinski definition) is 0. The third-order valence-electron chi connectivity index (χ3n) is 6.23. The molecule has 1 atom stereocenters. The smallest absolute Gasteiger partial charge is 0.254 e. The van der Waals surface area contributed by atoms with Gasteiger partial charge in [-0.3, -0.25) is 9.78 Å². The average molecular weight is 479 g/mol. The SMILES string of the molecule is Cc1ccc(C(=O)N2CC3(C2)C(c2nc(-c4ccncc4)no2)CCS3(=O)=O)cc1F.Cl. The standard InChI is InChI=1S/C21H19FN4O4S.ClH/c1-13-2-3-15(10-17(13)22)20(27)26-11-21(12-26)16(6-9-31(21,28)29)19-24-18(25-30-19)14-4-7-23-8-5-14;/h2-5,7-8,10,16H,6,9,11-12H2,1H3;1H. The molecule has 0 radical (unpaired) electrons. The summed E-state index contributed by atoms with van der Waals surface area (Å²) >= 11 is 0. The van der Waals surface area contributed by atoms with Gasteiger partial charge in [0.05, 0.1) is 11.7 Å². The van der Waals surface area contributed by atoms with Crippen LogP contribution >= 0.6 is 12.4 Å². The molecule has 5 rings (SSSR count). The van der Waals surface area contributed by atoms with E-state index in [-0.39, 0.29) is 42.7 Å². The van der Waals surface area contributed by atoms with Gasteiger partial charge in [0.2, 0.25) is 11.7 Å². The van der Waals surface area contributed by atoms with Gasteiger partial charge < -0.3 is 9.42 Å². The molecule has 1 aromatic carbocycles. The van der Waals surface area contributed by atoms with Crippen molar-refractivity contribution in [1.82, 2.24) is 20.0 Å². The van der Waals surface area contributed by atoms with E-state index in [4.69, 9.17) is 4.52 Å². The van der Waals surface area contributed by atoms with E-state index in [0.29, 0.717) is 23.4 Å². The lowest BCUT2D eigenvalue weighted by Crippen LogP contribution is -2.67. The van der Waals surface area contributed by atoms with Gasteiger partial charge >= 0.3 is 0 Å². The number of benzene rings is 1. The molecule has 1 amide bonds. The first-order valence-corrected chi connectivity index (χ1v) is 11.5. The summed E-state index contributed by atoms with van der Waals surface area (Å²) in [5, 5.41) is 3.99. The summed E-state index contributed by atoms with van der Waals surface area (Å²) in [6.45, 7) is 1.64. The number of aromatic nitrogens is 3. The number of nitrogens with zero attached hydrogens (tertiary/aromatic N) is 4. The number of carbonyl (C=O) groups is 1. The molecule has 2 aliphatic rings. The lowest BCUT2D eigenvalue weighted by Gasteiger charge is -2.49. The summed E-state index contributed by atoms with van der Waals surface area (Å²) < 4.78 is 44.0. The van der Waals surface area contributed by atoms with E-state index in [1.807, 2.05) is 0 Å². The van der Waals surface area contributed by atoms with Crippen molar-refractivity contribution in [1.29, 1.82) is 0 Å². The summed E-state index contributed by atoms with van der Waals surface area (Å²) in [6, 6.07) is 7.74. The molecule has 2 saturated heterocycles. The minimum absolute atomic E-state index is 0. The van der Waals surface area contributed by atoms with E-state index >= 15 is 0 Å². The molecule has 0 saturated carbocycles. The van der Waals surface area contributed by atoms with E-state index in [9.17, 15) is 17.6 Å². The van der Waals surface area contributed by atoms with Gasteiger partial charge in [0, 0.05) is 36.6 Å². The molecule has 0 bridgehead atoms. The number of pyridine rings is 1. The molecule has 168 valence electrons. The molecule has 8 nitrogen and oxygen atoms in total. The first-order valence-electron chi connectivity index (χ1n) is 9.82. The van der Waals surface area contributed by atoms with E-state index in [1.165, 1.54) is 17.0 Å². The Kier molecular flexibility index (Phi) is 5.54. The van der Waals surface area contributed by atoms with Crippen LogP contribution in [-0.2, 0) is 9.84 Å². The third kappa shape index (κ3) is 3.38. The normalized spacial score (nSPS) is 20.6. The number of sulfone groups is 1. The summed E-state index contributed by atoms with van der Waals surface area (Å²) in [5.74, 6) is -0.762. The highest BCUT2D eigenvalue weighted by molar-refractivity contribution is 7.93. The van der Waals surface area contributed by atoms with Crippen molar-refractivity contribution in [3.63, 3.8) is 0 Å². The molecule has 1 unspecified atom stereocenters. The van der Waals surface area contributed by atoms with E-state index in [2.05, 4.69) is 15.1 Å². The Labute approximate surface area is 190 Å². The van der Waals surface area contributed by atoms with E-state index in [1.54, 1.807) is 37.5 Å². The van der Waals surface area contributed by atoms with Gasteiger partial charge in [-0.1, -0.05) is 11.2 Å². The van der Waals surface area contributed by atoms with Crippen LogP contribution in [-0.4, -0.2) is 57.9 Å². The largest absolute Gasteiger partial charge is 0.339 e. The second kappa shape index (κ2) is 7.93. The molecule has 1 spiro atoms. The van der Waals surface area contributed by atoms with Crippen molar-refractivity contribution in [2.75, 3.05) is 18.8 Å². The van der Waals surface area contributed by atoms with Gasteiger partial charge in [-0.05, 0) is 43.2 Å². The fourth-order valence-corrected chi connectivity index (χ4v) is 6.68. The van der Waals surface area contributed by atoms with Crippen molar-refractivity contribution in [3.05, 3.63) is 65.6 Å². The summed E-state index contributed by atoms with van der Waals surface area (Å²) in [7, 11) is -3.47. The monoisotopic (exact) mass is 478 g/mol. The quantitative estimate of drug-likeness (QED) is 0.569. The van der Waals surface area contributed by atoms with Gasteiger partial charge in [0.15, 0.2) is 9.84 Å². The van der Waals surface area contributed by atoms with Crippen molar-refractivity contribution in [2.45, 2.75) is 24.0 Å². The number of rotatable bonds is 3. The average Bonchev–Trinajstić information content (AvgIpc) is 3.31. The molecule has 2 fully saturated rings. The Morgan fingerprint density at radius 1 is 1.22 bits per heavy atom. The lowest BCUT2D eigenvalue weighted by atomic mass is 9.82. The molecule has 3 aromatic rings. The van der Waals surface area contributed by atoms with Crippen molar-refractivity contribution < 1.29 is 22.1 Å². The number of aryl methyl sites for hydroxylation is 1. The predicted molar refractivity (Wildman–Crippen MR) is 116 cm³/mol. The first-order chi connectivity index (χ1) is 14.8. The number of carbonyl (C=O) groups excluding carboxylic acids is 1. The lowest BCUT2D eigenvalue weighted by molar-refractivity contribution is 0.0503. The fourth-order valence-electron chi connectivity index (χ4n) is 4.37. The predicted octanol–water partition coefficient (Wildman–Crippen LogP) is 2.80. The molecular weight excluding hydrogens is 459 g/mol. The Bertz CT molecular complexity index is 1280. The Hall–Kier alpha value is -2.85. The Morgan fingerprint density at radius 2 is 1.94 bits per heavy atom. The maximum Gasteiger partial charge on any atom is 0.254 e. The molecule has 11 heteroatoms. The van der Waals surface area contributed by atoms with Crippen LogP contribution in [0.3, 0.4) is 0 Å². The van der Waals surface area contributed by atoms with Crippen LogP contribution in [0.15, 0.2) is 47.2 Å². The molecule has 0 aliphatic carbocycles. The van der Waals surface area contributed by atoms with Crippen LogP contribution < -0.4 is 0 Å². The maximum atomic E-state index is 13.9. The fraction of sp³-hybridized carbons (Fsp3) is 0.333. The van der Waals surface area contributed by atoms with Crippen LogP contribution in [0.25, 0.3) is 11.4 Å². The Balaban J connectivity index is 0.00000245. The maximum absolute atomic E-state index is 13.9. The summed E-state index contributed by atoms with van der Waals surface area (Å²) in [6.07, 6.45) is 3.56. The highest BCUT2D eigenvalue weighted by Crippen LogP contribution is 2.50. The second-order valence-corrected chi connectivity index (χ2v) is 10.5. The van der Waals surface area contributed by atoms with Gasteiger partial charge in [-0.25, -0.2) is 12.8 Å². The number of likely N-dealkylation sites (tertiary alicyclic amines) is 1. The van der Waals surface area contributed by atoms with E-state index in [0.717, 1.165) is 0 Å². The zero-order chi connectivity index (χ0) is 21.8. The molecule has 32 heavy (non-hydrogen) atoms.